The average Bonchev–Trinajstić information content (AvgIpc) is 2.93. The molecule has 4 heteroatoms. The van der Waals surface area contributed by atoms with Gasteiger partial charge in [0.1, 0.15) is 5.60 Å². The number of nitrogens with zero attached hydrogens (tertiary/aromatic N) is 2. The van der Waals surface area contributed by atoms with E-state index in [-0.39, 0.29) is 17.8 Å². The maximum absolute atomic E-state index is 12.9. The number of benzene rings is 2. The van der Waals surface area contributed by atoms with Gasteiger partial charge in [0.15, 0.2) is 0 Å². The monoisotopic (exact) mass is 496 g/mol. The van der Waals surface area contributed by atoms with E-state index in [1.807, 2.05) is 26.2 Å². The summed E-state index contributed by atoms with van der Waals surface area (Å²) in [4.78, 5) is 19.7. The van der Waals surface area contributed by atoms with Crippen LogP contribution in [0.5, 0.6) is 0 Å². The lowest BCUT2D eigenvalue weighted by Gasteiger charge is -2.50. The number of aryl methyl sites for hydroxylation is 1. The molecule has 2 bridgehead atoms. The zero-order valence-corrected chi connectivity index (χ0v) is 22.5. The van der Waals surface area contributed by atoms with Crippen molar-refractivity contribution in [3.63, 3.8) is 0 Å². The van der Waals surface area contributed by atoms with Crippen molar-refractivity contribution in [3.05, 3.63) is 84.2 Å². The Hall–Kier alpha value is -2.98. The smallest absolute Gasteiger partial charge is 0.308 e. The SMILES string of the molecule is CC(C)C(=O)O[C@]1(CCN(C)CCCc2cncc3ccccc23)C[C@@H]2CC[C@H]1C=C2c1ccccc1. The quantitative estimate of drug-likeness (QED) is 0.285. The first-order chi connectivity index (χ1) is 17.9. The molecule has 1 fully saturated rings. The molecule has 4 nitrogen and oxygen atoms in total. The van der Waals surface area contributed by atoms with Gasteiger partial charge < -0.3 is 9.64 Å². The van der Waals surface area contributed by atoms with Crippen LogP contribution in [-0.4, -0.2) is 41.6 Å². The number of aromatic nitrogens is 1. The number of pyridine rings is 1. The van der Waals surface area contributed by atoms with Crippen molar-refractivity contribution in [2.24, 2.45) is 17.8 Å². The predicted molar refractivity (Wildman–Crippen MR) is 151 cm³/mol. The summed E-state index contributed by atoms with van der Waals surface area (Å²) in [6.07, 6.45) is 12.6. The molecule has 3 aromatic rings. The fourth-order valence-corrected chi connectivity index (χ4v) is 6.31. The highest BCUT2D eigenvalue weighted by Gasteiger charge is 2.50. The Morgan fingerprint density at radius 3 is 2.59 bits per heavy atom. The van der Waals surface area contributed by atoms with E-state index in [2.05, 4.69) is 77.6 Å². The summed E-state index contributed by atoms with van der Waals surface area (Å²) < 4.78 is 6.41. The Bertz CT molecular complexity index is 1250. The first-order valence-corrected chi connectivity index (χ1v) is 14.0. The lowest BCUT2D eigenvalue weighted by molar-refractivity contribution is -0.176. The number of allylic oxidation sites excluding steroid dienone is 1. The number of esters is 1. The first-order valence-electron chi connectivity index (χ1n) is 14.0. The molecule has 0 spiro atoms. The summed E-state index contributed by atoms with van der Waals surface area (Å²) in [5.74, 6) is 0.567. The average molecular weight is 497 g/mol. The zero-order chi connectivity index (χ0) is 25.8. The van der Waals surface area contributed by atoms with Gasteiger partial charge in [-0.05, 0) is 73.7 Å². The maximum Gasteiger partial charge on any atom is 0.308 e. The number of ether oxygens (including phenoxy) is 1. The molecule has 3 atom stereocenters. The van der Waals surface area contributed by atoms with E-state index in [9.17, 15) is 4.79 Å². The lowest BCUT2D eigenvalue weighted by atomic mass is 9.60. The Labute approximate surface area is 221 Å². The van der Waals surface area contributed by atoms with Gasteiger partial charge in [0.2, 0.25) is 0 Å². The highest BCUT2D eigenvalue weighted by molar-refractivity contribution is 5.84. The van der Waals surface area contributed by atoms with Crippen LogP contribution in [0.15, 0.2) is 73.1 Å². The van der Waals surface area contributed by atoms with Gasteiger partial charge in [0.05, 0.1) is 5.92 Å². The van der Waals surface area contributed by atoms with E-state index in [1.54, 1.807) is 0 Å². The Morgan fingerprint density at radius 2 is 1.84 bits per heavy atom. The summed E-state index contributed by atoms with van der Waals surface area (Å²) in [6.45, 7) is 5.82. The molecule has 0 unspecified atom stereocenters. The van der Waals surface area contributed by atoms with Crippen LogP contribution in [0, 0.1) is 17.8 Å². The van der Waals surface area contributed by atoms with Crippen LogP contribution in [0.4, 0.5) is 0 Å². The summed E-state index contributed by atoms with van der Waals surface area (Å²) in [5, 5.41) is 2.51. The summed E-state index contributed by atoms with van der Waals surface area (Å²) >= 11 is 0. The fourth-order valence-electron chi connectivity index (χ4n) is 6.31. The van der Waals surface area contributed by atoms with Crippen LogP contribution in [-0.2, 0) is 16.0 Å². The summed E-state index contributed by atoms with van der Waals surface area (Å²) in [7, 11) is 2.20. The van der Waals surface area contributed by atoms with Crippen molar-refractivity contribution in [3.8, 4) is 0 Å². The molecule has 0 radical (unpaired) electrons. The molecule has 6 rings (SSSR count). The highest BCUT2D eigenvalue weighted by atomic mass is 16.6. The van der Waals surface area contributed by atoms with Crippen LogP contribution in [0.1, 0.15) is 57.1 Å². The van der Waals surface area contributed by atoms with Crippen molar-refractivity contribution in [2.75, 3.05) is 20.1 Å². The number of hydrogen-bond acceptors (Lipinski definition) is 4. The van der Waals surface area contributed by atoms with Gasteiger partial charge in [-0.15, -0.1) is 0 Å². The van der Waals surface area contributed by atoms with Gasteiger partial charge in [-0.2, -0.15) is 0 Å². The predicted octanol–water partition coefficient (Wildman–Crippen LogP) is 6.94. The van der Waals surface area contributed by atoms with E-state index in [4.69, 9.17) is 4.74 Å². The lowest BCUT2D eigenvalue weighted by Crippen LogP contribution is -2.51. The molecule has 1 heterocycles. The van der Waals surface area contributed by atoms with Crippen LogP contribution in [0.3, 0.4) is 0 Å². The third kappa shape index (κ3) is 5.65. The molecule has 0 amide bonds. The number of fused-ring (bicyclic) bond motifs is 3. The van der Waals surface area contributed by atoms with Crippen molar-refractivity contribution in [1.29, 1.82) is 0 Å². The Kier molecular flexibility index (Phi) is 7.76. The molecule has 1 aromatic heterocycles. The minimum atomic E-state index is -0.392. The molecular weight excluding hydrogens is 456 g/mol. The third-order valence-corrected chi connectivity index (χ3v) is 8.45. The summed E-state index contributed by atoms with van der Waals surface area (Å²) in [6, 6.07) is 19.2. The number of hydrogen-bond donors (Lipinski definition) is 0. The van der Waals surface area contributed by atoms with Gasteiger partial charge in [-0.25, -0.2) is 0 Å². The molecule has 3 aliphatic rings. The maximum atomic E-state index is 12.9. The minimum absolute atomic E-state index is 0.0617. The first kappa shape index (κ1) is 25.7. The zero-order valence-electron chi connectivity index (χ0n) is 22.5. The van der Waals surface area contributed by atoms with E-state index in [0.29, 0.717) is 5.92 Å². The normalized spacial score (nSPS) is 23.0. The second kappa shape index (κ2) is 11.2. The standard InChI is InChI=1S/C33H40N2O2/c1-24(2)32(36)37-33(21-26-15-16-29(33)20-31(26)25-10-5-4-6-11-25)17-19-35(3)18-9-13-28-23-34-22-27-12-7-8-14-30(27)28/h4-8,10-12,14,20,22-24,26,29H,9,13,15-19,21H2,1-3H3/t26-,29-,33+/m0/s1. The van der Waals surface area contributed by atoms with Gasteiger partial charge in [0, 0.05) is 36.7 Å². The van der Waals surface area contributed by atoms with Crippen molar-refractivity contribution in [2.45, 2.75) is 58.0 Å². The number of rotatable bonds is 10. The van der Waals surface area contributed by atoms with E-state index >= 15 is 0 Å². The number of carbonyl (C=O) groups is 1. The van der Waals surface area contributed by atoms with E-state index < -0.39 is 5.60 Å². The molecular formula is C33H40N2O2. The Balaban J connectivity index is 1.25. The Morgan fingerprint density at radius 1 is 1.05 bits per heavy atom. The van der Waals surface area contributed by atoms with Crippen LogP contribution < -0.4 is 0 Å². The van der Waals surface area contributed by atoms with Gasteiger partial charge in [-0.1, -0.05) is 74.5 Å². The van der Waals surface area contributed by atoms with Crippen LogP contribution in [0.25, 0.3) is 16.3 Å². The molecule has 0 aliphatic heterocycles. The topological polar surface area (TPSA) is 42.4 Å². The molecule has 194 valence electrons. The van der Waals surface area contributed by atoms with Gasteiger partial charge in [-0.3, -0.25) is 9.78 Å². The van der Waals surface area contributed by atoms with Crippen molar-refractivity contribution in [1.82, 2.24) is 9.88 Å². The minimum Gasteiger partial charge on any atom is -0.458 e. The number of carbonyl (C=O) groups excluding carboxylic acids is 1. The van der Waals surface area contributed by atoms with E-state index in [0.717, 1.165) is 45.2 Å². The fraction of sp³-hybridized carbons (Fsp3) is 0.455. The second-order valence-electron chi connectivity index (χ2n) is 11.4. The molecule has 37 heavy (non-hydrogen) atoms. The largest absolute Gasteiger partial charge is 0.458 e. The summed E-state index contributed by atoms with van der Waals surface area (Å²) in [5.41, 5.74) is 3.69. The van der Waals surface area contributed by atoms with Crippen LogP contribution >= 0.6 is 0 Å². The third-order valence-electron chi connectivity index (χ3n) is 8.45. The van der Waals surface area contributed by atoms with E-state index in [1.165, 1.54) is 33.9 Å². The van der Waals surface area contributed by atoms with Crippen molar-refractivity contribution >= 4 is 22.3 Å². The highest BCUT2D eigenvalue weighted by Crippen LogP contribution is 2.53. The van der Waals surface area contributed by atoms with Crippen LogP contribution in [0.2, 0.25) is 0 Å². The molecule has 3 aliphatic carbocycles. The second-order valence-corrected chi connectivity index (χ2v) is 11.4. The van der Waals surface area contributed by atoms with Gasteiger partial charge in [0.25, 0.3) is 0 Å². The van der Waals surface area contributed by atoms with Gasteiger partial charge >= 0.3 is 5.97 Å². The molecule has 0 N–H and O–H groups in total. The molecule has 1 saturated carbocycles. The van der Waals surface area contributed by atoms with Crippen molar-refractivity contribution < 1.29 is 9.53 Å². The molecule has 2 aromatic carbocycles. The molecule has 0 saturated heterocycles.